The maximum Gasteiger partial charge on any atom is 0.268 e. The van der Waals surface area contributed by atoms with Gasteiger partial charge in [-0.25, -0.2) is 11.7 Å². The van der Waals surface area contributed by atoms with E-state index in [1.54, 1.807) is 0 Å². The molecule has 0 saturated heterocycles. The Hall–Kier alpha value is -2.12. The van der Waals surface area contributed by atoms with Crippen molar-refractivity contribution in [3.05, 3.63) is 29.3 Å². The van der Waals surface area contributed by atoms with E-state index in [4.69, 9.17) is 16.4 Å². The normalized spacial score (nSPS) is 10.2. The zero-order valence-electron chi connectivity index (χ0n) is 13.6. The minimum absolute atomic E-state index is 0.284. The standard InChI is InChI=1S/C16H26N4O3/c1-2-3-4-5-6-7-10-23-14-11-12(15(21)19-17)8-9-13(14)16(22)20-18/h8-9,11H,2-7,10,17-18H2,1H3,(H,19,21)(H,20,22). The summed E-state index contributed by atoms with van der Waals surface area (Å²) in [4.78, 5) is 23.3. The molecular formula is C16H26N4O3. The Balaban J connectivity index is 2.65. The van der Waals surface area contributed by atoms with Crippen LogP contribution in [0, 0.1) is 0 Å². The van der Waals surface area contributed by atoms with E-state index in [0.717, 1.165) is 12.8 Å². The number of amides is 2. The first-order valence-corrected chi connectivity index (χ1v) is 7.92. The highest BCUT2D eigenvalue weighted by molar-refractivity contribution is 5.99. The quantitative estimate of drug-likeness (QED) is 0.226. The maximum absolute atomic E-state index is 11.8. The Morgan fingerprint density at radius 2 is 1.65 bits per heavy atom. The topological polar surface area (TPSA) is 119 Å². The van der Waals surface area contributed by atoms with Crippen molar-refractivity contribution >= 4 is 11.8 Å². The van der Waals surface area contributed by atoms with Gasteiger partial charge in [0.25, 0.3) is 11.8 Å². The molecule has 0 aliphatic rings. The number of carbonyl (C=O) groups excluding carboxylic acids is 2. The van der Waals surface area contributed by atoms with Gasteiger partial charge in [-0.1, -0.05) is 39.0 Å². The van der Waals surface area contributed by atoms with Crippen LogP contribution in [0.5, 0.6) is 5.75 Å². The summed E-state index contributed by atoms with van der Waals surface area (Å²) in [5, 5.41) is 0. The fourth-order valence-corrected chi connectivity index (χ4v) is 2.20. The van der Waals surface area contributed by atoms with E-state index in [-0.39, 0.29) is 5.56 Å². The average Bonchev–Trinajstić information content (AvgIpc) is 2.59. The van der Waals surface area contributed by atoms with E-state index >= 15 is 0 Å². The lowest BCUT2D eigenvalue weighted by molar-refractivity contribution is 0.0938. The third-order valence-electron chi connectivity index (χ3n) is 3.51. The van der Waals surface area contributed by atoms with Crippen molar-refractivity contribution in [1.82, 2.24) is 10.9 Å². The molecule has 0 heterocycles. The Kier molecular flexibility index (Phi) is 8.71. The second kappa shape index (κ2) is 10.6. The molecule has 128 valence electrons. The molecule has 0 radical (unpaired) electrons. The molecule has 1 aromatic rings. The van der Waals surface area contributed by atoms with Crippen LogP contribution in [0.25, 0.3) is 0 Å². The molecule has 0 atom stereocenters. The lowest BCUT2D eigenvalue weighted by atomic mass is 10.1. The van der Waals surface area contributed by atoms with E-state index < -0.39 is 11.8 Å². The molecule has 0 aromatic heterocycles. The van der Waals surface area contributed by atoms with Gasteiger partial charge in [0.2, 0.25) is 0 Å². The van der Waals surface area contributed by atoms with Crippen molar-refractivity contribution in [3.63, 3.8) is 0 Å². The van der Waals surface area contributed by atoms with Crippen LogP contribution in [0.2, 0.25) is 0 Å². The van der Waals surface area contributed by atoms with E-state index in [9.17, 15) is 9.59 Å². The third kappa shape index (κ3) is 6.25. The predicted molar refractivity (Wildman–Crippen MR) is 88.6 cm³/mol. The molecule has 23 heavy (non-hydrogen) atoms. The average molecular weight is 322 g/mol. The van der Waals surface area contributed by atoms with Crippen LogP contribution in [-0.4, -0.2) is 18.4 Å². The molecule has 7 heteroatoms. The molecule has 2 amide bonds. The Morgan fingerprint density at radius 1 is 1.00 bits per heavy atom. The van der Waals surface area contributed by atoms with Gasteiger partial charge in [0.05, 0.1) is 12.2 Å². The minimum atomic E-state index is -0.470. The minimum Gasteiger partial charge on any atom is -0.493 e. The van der Waals surface area contributed by atoms with Crippen LogP contribution in [0.1, 0.15) is 66.2 Å². The molecule has 0 bridgehead atoms. The largest absolute Gasteiger partial charge is 0.493 e. The van der Waals surface area contributed by atoms with Gasteiger partial charge in [0.1, 0.15) is 5.75 Å². The highest BCUT2D eigenvalue weighted by Gasteiger charge is 2.14. The molecule has 7 nitrogen and oxygen atoms in total. The van der Waals surface area contributed by atoms with Crippen LogP contribution in [0.3, 0.4) is 0 Å². The van der Waals surface area contributed by atoms with Crippen LogP contribution < -0.4 is 27.3 Å². The second-order valence-electron chi connectivity index (χ2n) is 5.27. The Morgan fingerprint density at radius 3 is 2.30 bits per heavy atom. The van der Waals surface area contributed by atoms with Crippen molar-refractivity contribution in [3.8, 4) is 5.75 Å². The van der Waals surface area contributed by atoms with Crippen molar-refractivity contribution in [1.29, 1.82) is 0 Å². The van der Waals surface area contributed by atoms with Crippen molar-refractivity contribution in [2.75, 3.05) is 6.61 Å². The van der Waals surface area contributed by atoms with Crippen molar-refractivity contribution < 1.29 is 14.3 Å². The van der Waals surface area contributed by atoms with Crippen molar-refractivity contribution in [2.45, 2.75) is 45.4 Å². The summed E-state index contributed by atoms with van der Waals surface area (Å²) in [5.74, 6) is 9.69. The summed E-state index contributed by atoms with van der Waals surface area (Å²) in [6, 6.07) is 4.47. The molecule has 0 fully saturated rings. The highest BCUT2D eigenvalue weighted by atomic mass is 16.5. The number of unbranched alkanes of at least 4 members (excludes halogenated alkanes) is 5. The molecule has 0 spiro atoms. The van der Waals surface area contributed by atoms with Crippen LogP contribution in [-0.2, 0) is 0 Å². The van der Waals surface area contributed by atoms with Gasteiger partial charge in [-0.2, -0.15) is 0 Å². The van der Waals surface area contributed by atoms with Gasteiger partial charge in [-0.3, -0.25) is 20.4 Å². The third-order valence-corrected chi connectivity index (χ3v) is 3.51. The zero-order valence-corrected chi connectivity index (χ0v) is 13.6. The van der Waals surface area contributed by atoms with Crippen LogP contribution in [0.15, 0.2) is 18.2 Å². The van der Waals surface area contributed by atoms with Crippen LogP contribution >= 0.6 is 0 Å². The monoisotopic (exact) mass is 322 g/mol. The molecule has 0 saturated carbocycles. The van der Waals surface area contributed by atoms with Crippen molar-refractivity contribution in [2.24, 2.45) is 11.7 Å². The zero-order chi connectivity index (χ0) is 17.1. The Bertz CT molecular complexity index is 520. The van der Waals surface area contributed by atoms with E-state index in [1.165, 1.54) is 43.9 Å². The Labute approximate surface area is 136 Å². The summed E-state index contributed by atoms with van der Waals surface area (Å²) in [5.41, 5.74) is 4.72. The summed E-state index contributed by atoms with van der Waals surface area (Å²) in [6.45, 7) is 2.66. The fourth-order valence-electron chi connectivity index (χ4n) is 2.20. The van der Waals surface area contributed by atoms with E-state index in [1.807, 2.05) is 5.43 Å². The smallest absolute Gasteiger partial charge is 0.268 e. The number of hydrazine groups is 2. The molecule has 1 rings (SSSR count). The first kappa shape index (κ1) is 18.9. The first-order chi connectivity index (χ1) is 11.1. The second-order valence-corrected chi connectivity index (χ2v) is 5.27. The highest BCUT2D eigenvalue weighted by Crippen LogP contribution is 2.21. The SMILES string of the molecule is CCCCCCCCOc1cc(C(=O)NN)ccc1C(=O)NN. The lowest BCUT2D eigenvalue weighted by Crippen LogP contribution is -2.31. The van der Waals surface area contributed by atoms with E-state index in [0.29, 0.717) is 17.9 Å². The van der Waals surface area contributed by atoms with Crippen LogP contribution in [0.4, 0.5) is 0 Å². The number of nitrogen functional groups attached to an aromatic ring is 2. The molecule has 0 unspecified atom stereocenters. The summed E-state index contributed by atoms with van der Waals surface area (Å²) in [7, 11) is 0. The summed E-state index contributed by atoms with van der Waals surface area (Å²) < 4.78 is 5.66. The number of nitrogens with two attached hydrogens (primary N) is 2. The maximum atomic E-state index is 11.8. The van der Waals surface area contributed by atoms with E-state index in [2.05, 4.69) is 12.3 Å². The van der Waals surface area contributed by atoms with Gasteiger partial charge in [-0.05, 0) is 24.6 Å². The van der Waals surface area contributed by atoms with Gasteiger partial charge in [0, 0.05) is 5.56 Å². The number of carbonyl (C=O) groups is 2. The molecule has 6 N–H and O–H groups in total. The molecule has 0 aliphatic carbocycles. The lowest BCUT2D eigenvalue weighted by Gasteiger charge is -2.12. The predicted octanol–water partition coefficient (Wildman–Crippen LogP) is 1.63. The van der Waals surface area contributed by atoms with Gasteiger partial charge >= 0.3 is 0 Å². The van der Waals surface area contributed by atoms with Gasteiger partial charge in [-0.15, -0.1) is 0 Å². The summed E-state index contributed by atoms with van der Waals surface area (Å²) in [6.07, 6.45) is 6.82. The number of ether oxygens (including phenoxy) is 1. The number of hydrogen-bond acceptors (Lipinski definition) is 5. The summed E-state index contributed by atoms with van der Waals surface area (Å²) >= 11 is 0. The number of hydrogen-bond donors (Lipinski definition) is 4. The number of nitrogens with one attached hydrogen (secondary N) is 2. The van der Waals surface area contributed by atoms with Gasteiger partial charge < -0.3 is 4.74 Å². The fraction of sp³-hybridized carbons (Fsp3) is 0.500. The van der Waals surface area contributed by atoms with Gasteiger partial charge in [0.15, 0.2) is 0 Å². The number of rotatable bonds is 10. The molecule has 0 aliphatic heterocycles. The first-order valence-electron chi connectivity index (χ1n) is 7.92. The molecule has 1 aromatic carbocycles. The molecular weight excluding hydrogens is 296 g/mol. The number of benzene rings is 1.